The molecule has 0 spiro atoms. The van der Waals surface area contributed by atoms with E-state index < -0.39 is 21.7 Å². The molecule has 1 fully saturated rings. The number of rotatable bonds is 4. The Balaban J connectivity index is 2.60. The summed E-state index contributed by atoms with van der Waals surface area (Å²) in [6.45, 7) is 2.20. The summed E-state index contributed by atoms with van der Waals surface area (Å²) in [5, 5.41) is 0. The molecule has 138 valence electrons. The molecule has 1 aromatic rings. The van der Waals surface area contributed by atoms with Crippen LogP contribution in [0.15, 0.2) is 22.0 Å². The Morgan fingerprint density at radius 1 is 1.20 bits per heavy atom. The summed E-state index contributed by atoms with van der Waals surface area (Å²) in [5.41, 5.74) is 11.2. The second-order valence-electron chi connectivity index (χ2n) is 6.66. The number of aliphatic imine (C=N–C) groups is 1. The van der Waals surface area contributed by atoms with Crippen molar-refractivity contribution < 1.29 is 17.9 Å². The molecule has 0 atom stereocenters. The van der Waals surface area contributed by atoms with Crippen molar-refractivity contribution in [1.29, 1.82) is 0 Å². The van der Waals surface area contributed by atoms with E-state index in [1.807, 2.05) is 0 Å². The van der Waals surface area contributed by atoms with Gasteiger partial charge in [-0.05, 0) is 42.4 Å². The first-order valence-corrected chi connectivity index (χ1v) is 10.1. The van der Waals surface area contributed by atoms with Crippen LogP contribution in [0, 0.1) is 5.92 Å². The second-order valence-corrected chi connectivity index (χ2v) is 8.65. The number of guanidine groups is 1. The number of amides is 1. The van der Waals surface area contributed by atoms with Crippen LogP contribution < -0.4 is 16.2 Å². The van der Waals surface area contributed by atoms with Crippen molar-refractivity contribution in [3.63, 3.8) is 0 Å². The van der Waals surface area contributed by atoms with E-state index in [1.165, 1.54) is 13.2 Å². The summed E-state index contributed by atoms with van der Waals surface area (Å²) in [5.74, 6) is -0.0792. The Morgan fingerprint density at radius 3 is 2.28 bits per heavy atom. The lowest BCUT2D eigenvalue weighted by molar-refractivity contribution is 0.0999. The largest absolute Gasteiger partial charge is 0.496 e. The zero-order chi connectivity index (χ0) is 18.8. The minimum absolute atomic E-state index is 0.0317. The van der Waals surface area contributed by atoms with Crippen LogP contribution in [-0.2, 0) is 9.84 Å². The fourth-order valence-corrected chi connectivity index (χ4v) is 4.29. The maximum atomic E-state index is 12.3. The highest BCUT2D eigenvalue weighted by molar-refractivity contribution is 7.90. The van der Waals surface area contributed by atoms with E-state index >= 15 is 0 Å². The summed E-state index contributed by atoms with van der Waals surface area (Å²) < 4.78 is 29.9. The van der Waals surface area contributed by atoms with Crippen molar-refractivity contribution in [1.82, 2.24) is 0 Å². The molecule has 1 aliphatic carbocycles. The van der Waals surface area contributed by atoms with Crippen LogP contribution in [0.2, 0.25) is 0 Å². The van der Waals surface area contributed by atoms with Crippen LogP contribution in [0.1, 0.15) is 54.4 Å². The van der Waals surface area contributed by atoms with Crippen molar-refractivity contribution in [3.8, 4) is 5.75 Å². The standard InChI is InChI=1S/C17H25N3O4S/c1-10-4-6-11(7-5-10)12-8-14(24-2)13(16(21)20-17(18)19)9-15(12)25(3,22)23/h8-11H,4-7H2,1-3H3,(H4,18,19,20,21). The predicted molar refractivity (Wildman–Crippen MR) is 96.6 cm³/mol. The van der Waals surface area contributed by atoms with Gasteiger partial charge in [0.1, 0.15) is 5.75 Å². The lowest BCUT2D eigenvalue weighted by Gasteiger charge is -2.28. The molecular formula is C17H25N3O4S. The number of hydrogen-bond acceptors (Lipinski definition) is 4. The first-order chi connectivity index (χ1) is 11.6. The summed E-state index contributed by atoms with van der Waals surface area (Å²) in [4.78, 5) is 15.9. The van der Waals surface area contributed by atoms with Gasteiger partial charge in [0.2, 0.25) is 0 Å². The van der Waals surface area contributed by atoms with Crippen LogP contribution in [0.3, 0.4) is 0 Å². The van der Waals surface area contributed by atoms with E-state index in [9.17, 15) is 13.2 Å². The number of sulfone groups is 1. The highest BCUT2D eigenvalue weighted by atomic mass is 32.2. The van der Waals surface area contributed by atoms with Crippen molar-refractivity contribution in [2.24, 2.45) is 22.4 Å². The Labute approximate surface area is 148 Å². The normalized spacial score (nSPS) is 20.8. The zero-order valence-electron chi connectivity index (χ0n) is 14.8. The molecule has 8 heteroatoms. The molecule has 0 saturated heterocycles. The summed E-state index contributed by atoms with van der Waals surface area (Å²) in [6.07, 6.45) is 5.05. The maximum absolute atomic E-state index is 12.3. The van der Waals surface area contributed by atoms with Crippen LogP contribution in [0.25, 0.3) is 0 Å². The van der Waals surface area contributed by atoms with Gasteiger partial charge in [-0.2, -0.15) is 4.99 Å². The number of ether oxygens (including phenoxy) is 1. The van der Waals surface area contributed by atoms with E-state index in [4.69, 9.17) is 16.2 Å². The molecule has 4 N–H and O–H groups in total. The van der Waals surface area contributed by atoms with Gasteiger partial charge >= 0.3 is 0 Å². The topological polar surface area (TPSA) is 125 Å². The van der Waals surface area contributed by atoms with E-state index in [2.05, 4.69) is 11.9 Å². The number of nitrogens with zero attached hydrogens (tertiary/aromatic N) is 1. The van der Waals surface area contributed by atoms with E-state index in [0.29, 0.717) is 11.5 Å². The van der Waals surface area contributed by atoms with Gasteiger partial charge in [0.15, 0.2) is 15.8 Å². The smallest absolute Gasteiger partial charge is 0.283 e. The highest BCUT2D eigenvalue weighted by Gasteiger charge is 2.28. The molecule has 1 saturated carbocycles. The molecule has 0 heterocycles. The number of carbonyl (C=O) groups is 1. The first kappa shape index (κ1) is 19.2. The van der Waals surface area contributed by atoms with Gasteiger partial charge in [0, 0.05) is 6.26 Å². The van der Waals surface area contributed by atoms with Crippen LogP contribution in [-0.4, -0.2) is 33.7 Å². The fourth-order valence-electron chi connectivity index (χ4n) is 3.30. The molecule has 1 aromatic carbocycles. The van der Waals surface area contributed by atoms with Crippen molar-refractivity contribution in [2.45, 2.75) is 43.4 Å². The number of carbonyl (C=O) groups excluding carboxylic acids is 1. The van der Waals surface area contributed by atoms with Crippen LogP contribution in [0.4, 0.5) is 0 Å². The second kappa shape index (κ2) is 7.43. The number of benzene rings is 1. The highest BCUT2D eigenvalue weighted by Crippen LogP contribution is 2.40. The quantitative estimate of drug-likeness (QED) is 0.617. The minimum atomic E-state index is -3.52. The molecular weight excluding hydrogens is 342 g/mol. The zero-order valence-corrected chi connectivity index (χ0v) is 15.6. The molecule has 2 rings (SSSR count). The van der Waals surface area contributed by atoms with Crippen molar-refractivity contribution in [3.05, 3.63) is 23.3 Å². The predicted octanol–water partition coefficient (Wildman–Crippen LogP) is 1.81. The summed E-state index contributed by atoms with van der Waals surface area (Å²) >= 11 is 0. The van der Waals surface area contributed by atoms with Crippen molar-refractivity contribution in [2.75, 3.05) is 13.4 Å². The molecule has 0 aromatic heterocycles. The van der Waals surface area contributed by atoms with Crippen LogP contribution in [0.5, 0.6) is 5.75 Å². The van der Waals surface area contributed by atoms with Gasteiger partial charge in [-0.15, -0.1) is 0 Å². The van der Waals surface area contributed by atoms with Crippen LogP contribution >= 0.6 is 0 Å². The molecule has 0 radical (unpaired) electrons. The van der Waals surface area contributed by atoms with Gasteiger partial charge in [-0.3, -0.25) is 4.79 Å². The van der Waals surface area contributed by atoms with Gasteiger partial charge in [-0.25, -0.2) is 8.42 Å². The number of nitrogens with two attached hydrogens (primary N) is 2. The van der Waals surface area contributed by atoms with Gasteiger partial charge in [0.05, 0.1) is 17.6 Å². The van der Waals surface area contributed by atoms with Crippen molar-refractivity contribution >= 4 is 21.7 Å². The molecule has 0 bridgehead atoms. The third kappa shape index (κ3) is 4.50. The van der Waals surface area contributed by atoms with Gasteiger partial charge < -0.3 is 16.2 Å². The molecule has 1 amide bonds. The lowest BCUT2D eigenvalue weighted by atomic mass is 9.79. The first-order valence-electron chi connectivity index (χ1n) is 8.19. The monoisotopic (exact) mass is 367 g/mol. The van der Waals surface area contributed by atoms with Gasteiger partial charge in [-0.1, -0.05) is 19.8 Å². The Bertz CT molecular complexity index is 790. The molecule has 0 aliphatic heterocycles. The van der Waals surface area contributed by atoms with E-state index in [-0.39, 0.29) is 22.1 Å². The SMILES string of the molecule is COc1cc(C2CCC(C)CC2)c(S(C)(=O)=O)cc1C(=O)N=C(N)N. The number of hydrogen-bond donors (Lipinski definition) is 2. The van der Waals surface area contributed by atoms with E-state index in [0.717, 1.165) is 31.9 Å². The molecule has 1 aliphatic rings. The Hall–Kier alpha value is -2.09. The third-order valence-corrected chi connectivity index (χ3v) is 5.80. The minimum Gasteiger partial charge on any atom is -0.496 e. The summed E-state index contributed by atoms with van der Waals surface area (Å²) in [6, 6.07) is 2.98. The molecule has 25 heavy (non-hydrogen) atoms. The summed E-state index contributed by atoms with van der Waals surface area (Å²) in [7, 11) is -2.10. The average molecular weight is 367 g/mol. The maximum Gasteiger partial charge on any atom is 0.283 e. The molecule has 0 unspecified atom stereocenters. The Kier molecular flexibility index (Phi) is 5.72. The van der Waals surface area contributed by atoms with E-state index in [1.54, 1.807) is 6.07 Å². The average Bonchev–Trinajstić information content (AvgIpc) is 2.52. The fraction of sp³-hybridized carbons (Fsp3) is 0.529. The van der Waals surface area contributed by atoms with Gasteiger partial charge in [0.25, 0.3) is 5.91 Å². The lowest BCUT2D eigenvalue weighted by Crippen LogP contribution is -2.24. The molecule has 7 nitrogen and oxygen atoms in total. The third-order valence-electron chi connectivity index (χ3n) is 4.65. The Morgan fingerprint density at radius 2 is 1.80 bits per heavy atom. The number of methoxy groups -OCH3 is 1.